The van der Waals surface area contributed by atoms with Crippen LogP contribution in [-0.2, 0) is 16.1 Å². The number of benzene rings is 1. The van der Waals surface area contributed by atoms with Crippen LogP contribution in [0, 0.1) is 6.92 Å². The zero-order valence-corrected chi connectivity index (χ0v) is 12.8. The van der Waals surface area contributed by atoms with Crippen molar-refractivity contribution in [2.45, 2.75) is 46.2 Å². The maximum absolute atomic E-state index is 12.2. The molecule has 1 aromatic rings. The number of amides is 2. The SMILES string of the molecule is CCC(=O)N(Cc1ccccc1C)[C@H](CC)C(=O)NC. The van der Waals surface area contributed by atoms with E-state index < -0.39 is 6.04 Å². The summed E-state index contributed by atoms with van der Waals surface area (Å²) >= 11 is 0. The van der Waals surface area contributed by atoms with Gasteiger partial charge in [0.25, 0.3) is 0 Å². The van der Waals surface area contributed by atoms with Crippen molar-refractivity contribution in [2.24, 2.45) is 0 Å². The molecule has 20 heavy (non-hydrogen) atoms. The number of nitrogens with zero attached hydrogens (tertiary/aromatic N) is 1. The fourth-order valence-electron chi connectivity index (χ4n) is 2.26. The first kappa shape index (κ1) is 16.2. The standard InChI is InChI=1S/C16H24N2O2/c1-5-14(16(20)17-4)18(15(19)6-2)11-13-10-8-7-9-12(13)3/h7-10,14H,5-6,11H2,1-4H3,(H,17,20)/t14-/m1/s1. The van der Waals surface area contributed by atoms with Crippen LogP contribution in [0.15, 0.2) is 24.3 Å². The molecule has 1 atom stereocenters. The van der Waals surface area contributed by atoms with Crippen LogP contribution in [0.3, 0.4) is 0 Å². The van der Waals surface area contributed by atoms with Crippen molar-refractivity contribution < 1.29 is 9.59 Å². The molecule has 1 N–H and O–H groups in total. The van der Waals surface area contributed by atoms with E-state index in [-0.39, 0.29) is 11.8 Å². The summed E-state index contributed by atoms with van der Waals surface area (Å²) in [5.41, 5.74) is 2.21. The Morgan fingerprint density at radius 1 is 1.25 bits per heavy atom. The van der Waals surface area contributed by atoms with Crippen molar-refractivity contribution in [1.29, 1.82) is 0 Å². The number of hydrogen-bond donors (Lipinski definition) is 1. The van der Waals surface area contributed by atoms with E-state index in [4.69, 9.17) is 0 Å². The average Bonchev–Trinajstić information content (AvgIpc) is 2.47. The molecule has 2 amide bonds. The lowest BCUT2D eigenvalue weighted by Gasteiger charge is -2.30. The van der Waals surface area contributed by atoms with E-state index >= 15 is 0 Å². The van der Waals surface area contributed by atoms with E-state index in [0.29, 0.717) is 19.4 Å². The fraction of sp³-hybridized carbons (Fsp3) is 0.500. The van der Waals surface area contributed by atoms with Crippen LogP contribution >= 0.6 is 0 Å². The van der Waals surface area contributed by atoms with Gasteiger partial charge in [-0.15, -0.1) is 0 Å². The molecule has 0 unspecified atom stereocenters. The normalized spacial score (nSPS) is 11.8. The Balaban J connectivity index is 3.03. The molecule has 0 aliphatic rings. The molecule has 1 aromatic carbocycles. The molecule has 4 nitrogen and oxygen atoms in total. The van der Waals surface area contributed by atoms with Gasteiger partial charge in [0.15, 0.2) is 0 Å². The Morgan fingerprint density at radius 2 is 1.90 bits per heavy atom. The van der Waals surface area contributed by atoms with Crippen LogP contribution in [0.1, 0.15) is 37.8 Å². The Labute approximate surface area is 121 Å². The molecule has 4 heteroatoms. The van der Waals surface area contributed by atoms with E-state index in [2.05, 4.69) is 5.32 Å². The third-order valence-corrected chi connectivity index (χ3v) is 3.54. The highest BCUT2D eigenvalue weighted by Gasteiger charge is 2.27. The number of nitrogens with one attached hydrogen (secondary N) is 1. The van der Waals surface area contributed by atoms with Crippen LogP contribution in [0.25, 0.3) is 0 Å². The molecule has 0 radical (unpaired) electrons. The first-order valence-corrected chi connectivity index (χ1v) is 7.10. The maximum atomic E-state index is 12.2. The summed E-state index contributed by atoms with van der Waals surface area (Å²) in [6, 6.07) is 7.54. The number of carbonyl (C=O) groups is 2. The molecule has 0 saturated carbocycles. The highest BCUT2D eigenvalue weighted by Crippen LogP contribution is 2.15. The summed E-state index contributed by atoms with van der Waals surface area (Å²) in [5, 5.41) is 2.64. The second-order valence-corrected chi connectivity index (χ2v) is 4.84. The second kappa shape index (κ2) is 7.68. The molecule has 0 heterocycles. The summed E-state index contributed by atoms with van der Waals surface area (Å²) in [5.74, 6) is -0.105. The van der Waals surface area contributed by atoms with Gasteiger partial charge in [-0.25, -0.2) is 0 Å². The summed E-state index contributed by atoms with van der Waals surface area (Å²) in [7, 11) is 1.60. The number of carbonyl (C=O) groups excluding carboxylic acids is 2. The third kappa shape index (κ3) is 3.83. The summed E-state index contributed by atoms with van der Waals surface area (Å²) in [6.45, 7) is 6.24. The molecule has 0 aliphatic carbocycles. The lowest BCUT2D eigenvalue weighted by molar-refractivity contribution is -0.141. The summed E-state index contributed by atoms with van der Waals surface area (Å²) in [6.07, 6.45) is 1.01. The van der Waals surface area contributed by atoms with Gasteiger partial charge in [-0.1, -0.05) is 38.1 Å². The average molecular weight is 276 g/mol. The van der Waals surface area contributed by atoms with E-state index in [1.165, 1.54) is 0 Å². The van der Waals surface area contributed by atoms with Crippen molar-refractivity contribution in [3.63, 3.8) is 0 Å². The van der Waals surface area contributed by atoms with Gasteiger partial charge in [0.05, 0.1) is 0 Å². The van der Waals surface area contributed by atoms with E-state index in [9.17, 15) is 9.59 Å². The van der Waals surface area contributed by atoms with E-state index in [0.717, 1.165) is 11.1 Å². The molecule has 0 spiro atoms. The van der Waals surface area contributed by atoms with Crippen molar-refractivity contribution in [2.75, 3.05) is 7.05 Å². The number of likely N-dealkylation sites (N-methyl/N-ethyl adjacent to an activating group) is 1. The summed E-state index contributed by atoms with van der Waals surface area (Å²) < 4.78 is 0. The highest BCUT2D eigenvalue weighted by molar-refractivity contribution is 5.87. The second-order valence-electron chi connectivity index (χ2n) is 4.84. The molecule has 0 fully saturated rings. The van der Waals surface area contributed by atoms with Gasteiger partial charge in [0, 0.05) is 20.0 Å². The van der Waals surface area contributed by atoms with E-state index in [1.807, 2.05) is 45.0 Å². The minimum Gasteiger partial charge on any atom is -0.357 e. The predicted molar refractivity (Wildman–Crippen MR) is 80.2 cm³/mol. The quantitative estimate of drug-likeness (QED) is 0.866. The molecule has 1 rings (SSSR count). The third-order valence-electron chi connectivity index (χ3n) is 3.54. The smallest absolute Gasteiger partial charge is 0.242 e. The fourth-order valence-corrected chi connectivity index (χ4v) is 2.26. The van der Waals surface area contributed by atoms with Crippen molar-refractivity contribution in [3.8, 4) is 0 Å². The van der Waals surface area contributed by atoms with Crippen molar-refractivity contribution >= 4 is 11.8 Å². The van der Waals surface area contributed by atoms with Crippen LogP contribution < -0.4 is 5.32 Å². The maximum Gasteiger partial charge on any atom is 0.242 e. The van der Waals surface area contributed by atoms with Gasteiger partial charge in [0.2, 0.25) is 11.8 Å². The van der Waals surface area contributed by atoms with Crippen molar-refractivity contribution in [1.82, 2.24) is 10.2 Å². The monoisotopic (exact) mass is 276 g/mol. The Kier molecular flexibility index (Phi) is 6.22. The van der Waals surface area contributed by atoms with Crippen LogP contribution in [-0.4, -0.2) is 29.8 Å². The van der Waals surface area contributed by atoms with Crippen LogP contribution in [0.2, 0.25) is 0 Å². The molecule has 0 aliphatic heterocycles. The molecule has 110 valence electrons. The lowest BCUT2D eigenvalue weighted by Crippen LogP contribution is -2.48. The minimum atomic E-state index is -0.410. The first-order chi connectivity index (χ1) is 9.54. The summed E-state index contributed by atoms with van der Waals surface area (Å²) in [4.78, 5) is 25.9. The first-order valence-electron chi connectivity index (χ1n) is 7.10. The molecular weight excluding hydrogens is 252 g/mol. The van der Waals surface area contributed by atoms with Gasteiger partial charge in [-0.2, -0.15) is 0 Å². The van der Waals surface area contributed by atoms with Gasteiger partial charge in [-0.05, 0) is 24.5 Å². The van der Waals surface area contributed by atoms with Crippen LogP contribution in [0.5, 0.6) is 0 Å². The van der Waals surface area contributed by atoms with Gasteiger partial charge in [0.1, 0.15) is 6.04 Å². The molecule has 0 aromatic heterocycles. The van der Waals surface area contributed by atoms with Crippen LogP contribution in [0.4, 0.5) is 0 Å². The Morgan fingerprint density at radius 3 is 2.40 bits per heavy atom. The predicted octanol–water partition coefficient (Wildman–Crippen LogP) is 2.26. The lowest BCUT2D eigenvalue weighted by atomic mass is 10.1. The molecular formula is C16H24N2O2. The zero-order valence-electron chi connectivity index (χ0n) is 12.8. The van der Waals surface area contributed by atoms with Crippen molar-refractivity contribution in [3.05, 3.63) is 35.4 Å². The minimum absolute atomic E-state index is 0.00343. The molecule has 0 saturated heterocycles. The Hall–Kier alpha value is -1.84. The molecule has 0 bridgehead atoms. The highest BCUT2D eigenvalue weighted by atomic mass is 16.2. The topological polar surface area (TPSA) is 49.4 Å². The number of rotatable bonds is 6. The zero-order chi connectivity index (χ0) is 15.1. The van der Waals surface area contributed by atoms with Gasteiger partial charge >= 0.3 is 0 Å². The Bertz CT molecular complexity index is 471. The van der Waals surface area contributed by atoms with Gasteiger partial charge < -0.3 is 10.2 Å². The van der Waals surface area contributed by atoms with E-state index in [1.54, 1.807) is 11.9 Å². The number of aryl methyl sites for hydroxylation is 1. The van der Waals surface area contributed by atoms with Gasteiger partial charge in [-0.3, -0.25) is 9.59 Å². The number of hydrogen-bond acceptors (Lipinski definition) is 2. The largest absolute Gasteiger partial charge is 0.357 e.